The van der Waals surface area contributed by atoms with E-state index in [1.807, 2.05) is 31.2 Å². The quantitative estimate of drug-likeness (QED) is 0.628. The summed E-state index contributed by atoms with van der Waals surface area (Å²) in [5.41, 5.74) is 3.30. The first-order valence-electron chi connectivity index (χ1n) is 6.86. The fourth-order valence-corrected chi connectivity index (χ4v) is 1.78. The third kappa shape index (κ3) is 3.82. The van der Waals surface area contributed by atoms with Gasteiger partial charge in [-0.2, -0.15) is 4.98 Å². The Morgan fingerprint density at radius 1 is 1.10 bits per heavy atom. The molecule has 112 valence electrons. The summed E-state index contributed by atoms with van der Waals surface area (Å²) in [6, 6.07) is 7.43. The van der Waals surface area contributed by atoms with E-state index in [4.69, 9.17) is 15.3 Å². The zero-order valence-corrected chi connectivity index (χ0v) is 12.5. The van der Waals surface area contributed by atoms with Gasteiger partial charge in [-0.05, 0) is 44.5 Å². The zero-order chi connectivity index (χ0) is 15.2. The first-order chi connectivity index (χ1) is 10.1. The van der Waals surface area contributed by atoms with Crippen LogP contribution in [0, 0.1) is 13.8 Å². The fraction of sp³-hybridized carbons (Fsp3) is 0.333. The maximum atomic E-state index is 5.79. The zero-order valence-electron chi connectivity index (χ0n) is 12.5. The number of nitrogens with one attached hydrogen (secondary N) is 1. The van der Waals surface area contributed by atoms with Gasteiger partial charge >= 0.3 is 0 Å². The second kappa shape index (κ2) is 6.90. The fourth-order valence-electron chi connectivity index (χ4n) is 1.78. The Kier molecular flexibility index (Phi) is 4.94. The van der Waals surface area contributed by atoms with Gasteiger partial charge in [0.2, 0.25) is 5.88 Å². The lowest BCUT2D eigenvalue weighted by Crippen LogP contribution is -2.12. The average Bonchev–Trinajstić information content (AvgIpc) is 2.49. The molecule has 0 fully saturated rings. The number of anilines is 1. The van der Waals surface area contributed by atoms with Crippen molar-refractivity contribution >= 4 is 5.82 Å². The molecule has 2 aromatic rings. The largest absolute Gasteiger partial charge is 0.494 e. The van der Waals surface area contributed by atoms with Crippen molar-refractivity contribution in [3.63, 3.8) is 0 Å². The Morgan fingerprint density at radius 2 is 1.76 bits per heavy atom. The van der Waals surface area contributed by atoms with Crippen LogP contribution in [0.1, 0.15) is 24.7 Å². The molecule has 6 heteroatoms. The second-order valence-corrected chi connectivity index (χ2v) is 4.62. The lowest BCUT2D eigenvalue weighted by atomic mass is 10.3. The number of benzene rings is 1. The van der Waals surface area contributed by atoms with Crippen LogP contribution in [0.5, 0.6) is 17.4 Å². The van der Waals surface area contributed by atoms with Gasteiger partial charge in [0, 0.05) is 0 Å². The molecule has 0 atom stereocenters. The summed E-state index contributed by atoms with van der Waals surface area (Å²) in [4.78, 5) is 8.48. The summed E-state index contributed by atoms with van der Waals surface area (Å²) in [6.45, 7) is 6.41. The van der Waals surface area contributed by atoms with Crippen LogP contribution in [0.2, 0.25) is 0 Å². The average molecular weight is 288 g/mol. The van der Waals surface area contributed by atoms with Gasteiger partial charge in [0.25, 0.3) is 0 Å². The van der Waals surface area contributed by atoms with Gasteiger partial charge in [0.05, 0.1) is 12.2 Å². The van der Waals surface area contributed by atoms with E-state index >= 15 is 0 Å². The van der Waals surface area contributed by atoms with Crippen LogP contribution in [0.15, 0.2) is 24.3 Å². The maximum absolute atomic E-state index is 5.79. The normalized spacial score (nSPS) is 10.3. The molecule has 1 heterocycles. The molecular weight excluding hydrogens is 268 g/mol. The first kappa shape index (κ1) is 15.1. The van der Waals surface area contributed by atoms with Crippen molar-refractivity contribution in [2.24, 2.45) is 5.84 Å². The van der Waals surface area contributed by atoms with Crippen LogP contribution in [0.3, 0.4) is 0 Å². The van der Waals surface area contributed by atoms with Gasteiger partial charge in [0.15, 0.2) is 0 Å². The number of nitrogens with zero attached hydrogens (tertiary/aromatic N) is 2. The maximum Gasteiger partial charge on any atom is 0.227 e. The highest BCUT2D eigenvalue weighted by molar-refractivity contribution is 5.48. The van der Waals surface area contributed by atoms with Crippen LogP contribution in [0.4, 0.5) is 5.82 Å². The van der Waals surface area contributed by atoms with E-state index in [0.717, 1.165) is 17.7 Å². The molecule has 21 heavy (non-hydrogen) atoms. The molecule has 0 saturated heterocycles. The summed E-state index contributed by atoms with van der Waals surface area (Å²) < 4.78 is 11.3. The molecule has 2 rings (SSSR count). The number of hydrazine groups is 1. The summed E-state index contributed by atoms with van der Waals surface area (Å²) in [6.07, 6.45) is 0.979. The van der Waals surface area contributed by atoms with Crippen molar-refractivity contribution in [3.05, 3.63) is 35.7 Å². The van der Waals surface area contributed by atoms with Gasteiger partial charge in [0.1, 0.15) is 23.1 Å². The highest BCUT2D eigenvalue weighted by atomic mass is 16.5. The molecule has 0 aliphatic rings. The number of hydrogen-bond donors (Lipinski definition) is 2. The molecule has 0 amide bonds. The van der Waals surface area contributed by atoms with Gasteiger partial charge < -0.3 is 14.9 Å². The van der Waals surface area contributed by atoms with Crippen LogP contribution in [-0.4, -0.2) is 16.6 Å². The van der Waals surface area contributed by atoms with E-state index in [0.29, 0.717) is 29.9 Å². The number of aromatic nitrogens is 2. The second-order valence-electron chi connectivity index (χ2n) is 4.62. The van der Waals surface area contributed by atoms with E-state index in [9.17, 15) is 0 Å². The van der Waals surface area contributed by atoms with Crippen LogP contribution in [0.25, 0.3) is 0 Å². The molecule has 0 saturated carbocycles. The predicted octanol–water partition coefficient (Wildman–Crippen LogP) is 2.96. The van der Waals surface area contributed by atoms with Crippen LogP contribution < -0.4 is 20.7 Å². The van der Waals surface area contributed by atoms with Gasteiger partial charge in [-0.15, -0.1) is 0 Å². The van der Waals surface area contributed by atoms with E-state index in [1.165, 1.54) is 0 Å². The Bertz CT molecular complexity index is 599. The summed E-state index contributed by atoms with van der Waals surface area (Å²) in [7, 11) is 0. The standard InChI is InChI=1S/C15H20N4O2/c1-4-9-20-12-5-7-13(8-6-12)21-15-10(2)14(19-16)17-11(3)18-15/h5-8H,4,9,16H2,1-3H3,(H,17,18,19). The molecule has 0 spiro atoms. The summed E-state index contributed by atoms with van der Waals surface area (Å²) in [5.74, 6) is 8.57. The minimum atomic E-state index is 0.484. The summed E-state index contributed by atoms with van der Waals surface area (Å²) >= 11 is 0. The van der Waals surface area contributed by atoms with E-state index < -0.39 is 0 Å². The number of nitrogen functional groups attached to an aromatic ring is 1. The van der Waals surface area contributed by atoms with Crippen molar-refractivity contribution < 1.29 is 9.47 Å². The van der Waals surface area contributed by atoms with Crippen molar-refractivity contribution in [3.8, 4) is 17.4 Å². The third-order valence-electron chi connectivity index (χ3n) is 2.86. The van der Waals surface area contributed by atoms with Gasteiger partial charge in [-0.25, -0.2) is 10.8 Å². The monoisotopic (exact) mass is 288 g/mol. The van der Waals surface area contributed by atoms with Gasteiger partial charge in [-0.1, -0.05) is 6.92 Å². The van der Waals surface area contributed by atoms with Crippen molar-refractivity contribution in [1.82, 2.24) is 9.97 Å². The number of ether oxygens (including phenoxy) is 2. The molecule has 0 unspecified atom stereocenters. The van der Waals surface area contributed by atoms with E-state index in [2.05, 4.69) is 22.3 Å². The molecule has 0 bridgehead atoms. The van der Waals surface area contributed by atoms with Crippen molar-refractivity contribution in [2.75, 3.05) is 12.0 Å². The molecule has 3 N–H and O–H groups in total. The molecule has 0 aliphatic carbocycles. The number of aryl methyl sites for hydroxylation is 1. The lowest BCUT2D eigenvalue weighted by molar-refractivity contribution is 0.317. The SMILES string of the molecule is CCCOc1ccc(Oc2nc(C)nc(NN)c2C)cc1. The predicted molar refractivity (Wildman–Crippen MR) is 81.6 cm³/mol. The Labute approximate surface area is 124 Å². The minimum absolute atomic E-state index is 0.484. The lowest BCUT2D eigenvalue weighted by Gasteiger charge is -2.12. The molecular formula is C15H20N4O2. The molecule has 1 aromatic heterocycles. The van der Waals surface area contributed by atoms with Crippen LogP contribution >= 0.6 is 0 Å². The number of rotatable bonds is 6. The molecule has 0 aliphatic heterocycles. The topological polar surface area (TPSA) is 82.3 Å². The Balaban J connectivity index is 2.16. The Hall–Kier alpha value is -2.34. The van der Waals surface area contributed by atoms with Gasteiger partial charge in [-0.3, -0.25) is 0 Å². The smallest absolute Gasteiger partial charge is 0.227 e. The van der Waals surface area contributed by atoms with Crippen molar-refractivity contribution in [1.29, 1.82) is 0 Å². The highest BCUT2D eigenvalue weighted by Gasteiger charge is 2.10. The third-order valence-corrected chi connectivity index (χ3v) is 2.86. The number of hydrogen-bond acceptors (Lipinski definition) is 6. The summed E-state index contributed by atoms with van der Waals surface area (Å²) in [5, 5.41) is 0. The van der Waals surface area contributed by atoms with E-state index in [1.54, 1.807) is 6.92 Å². The first-order valence-corrected chi connectivity index (χ1v) is 6.86. The van der Waals surface area contributed by atoms with Crippen LogP contribution in [-0.2, 0) is 0 Å². The molecule has 0 radical (unpaired) electrons. The molecule has 1 aromatic carbocycles. The minimum Gasteiger partial charge on any atom is -0.494 e. The highest BCUT2D eigenvalue weighted by Crippen LogP contribution is 2.27. The number of nitrogens with two attached hydrogens (primary N) is 1. The van der Waals surface area contributed by atoms with E-state index in [-0.39, 0.29) is 0 Å². The Morgan fingerprint density at radius 3 is 2.38 bits per heavy atom. The molecule has 6 nitrogen and oxygen atoms in total. The van der Waals surface area contributed by atoms with Crippen molar-refractivity contribution in [2.45, 2.75) is 27.2 Å².